The second-order valence-corrected chi connectivity index (χ2v) is 6.39. The zero-order valence-electron chi connectivity index (χ0n) is 14.5. The fourth-order valence-electron chi connectivity index (χ4n) is 3.11. The van der Waals surface area contributed by atoms with E-state index in [1.54, 1.807) is 0 Å². The van der Waals surface area contributed by atoms with Gasteiger partial charge in [-0.3, -0.25) is 9.69 Å². The summed E-state index contributed by atoms with van der Waals surface area (Å²) >= 11 is 0. The number of likely N-dealkylation sites (N-methyl/N-ethyl adjacent to an activating group) is 1. The van der Waals surface area contributed by atoms with E-state index in [0.717, 1.165) is 48.0 Å². The summed E-state index contributed by atoms with van der Waals surface area (Å²) < 4.78 is 1.94. The highest BCUT2D eigenvalue weighted by atomic mass is 16.2. The first-order chi connectivity index (χ1) is 11.5. The zero-order valence-corrected chi connectivity index (χ0v) is 14.5. The molecule has 24 heavy (non-hydrogen) atoms. The van der Waals surface area contributed by atoms with E-state index in [4.69, 9.17) is 5.73 Å². The number of hydrogen-bond donors (Lipinski definition) is 1. The van der Waals surface area contributed by atoms with Crippen molar-refractivity contribution in [2.75, 3.05) is 30.8 Å². The van der Waals surface area contributed by atoms with Crippen molar-refractivity contribution in [3.05, 3.63) is 35.4 Å². The van der Waals surface area contributed by atoms with Crippen LogP contribution in [0, 0.1) is 6.92 Å². The topological polar surface area (TPSA) is 80.3 Å². The summed E-state index contributed by atoms with van der Waals surface area (Å²) in [5.74, 6) is 1.80. The third kappa shape index (κ3) is 3.12. The molecule has 0 radical (unpaired) electrons. The molecule has 1 amide bonds. The Morgan fingerprint density at radius 1 is 1.38 bits per heavy atom. The van der Waals surface area contributed by atoms with Gasteiger partial charge in [-0.25, -0.2) is 0 Å². The average Bonchev–Trinajstić information content (AvgIpc) is 2.86. The van der Waals surface area contributed by atoms with Gasteiger partial charge in [0.2, 0.25) is 5.91 Å². The second kappa shape index (κ2) is 6.60. The zero-order chi connectivity index (χ0) is 17.3. The van der Waals surface area contributed by atoms with Gasteiger partial charge in [-0.1, -0.05) is 6.07 Å². The van der Waals surface area contributed by atoms with Crippen LogP contribution in [0.5, 0.6) is 0 Å². The Morgan fingerprint density at radius 3 is 2.88 bits per heavy atom. The van der Waals surface area contributed by atoms with Crippen LogP contribution in [0.2, 0.25) is 0 Å². The molecule has 2 N–H and O–H groups in total. The molecule has 1 aromatic heterocycles. The number of carbonyl (C=O) groups excluding carboxylic acids is 1. The molecule has 128 valence electrons. The minimum Gasteiger partial charge on any atom is -0.398 e. The van der Waals surface area contributed by atoms with Crippen molar-refractivity contribution in [1.82, 2.24) is 19.7 Å². The van der Waals surface area contributed by atoms with Gasteiger partial charge in [0.15, 0.2) is 0 Å². The summed E-state index contributed by atoms with van der Waals surface area (Å²) in [6, 6.07) is 5.79. The third-order valence-corrected chi connectivity index (χ3v) is 4.59. The van der Waals surface area contributed by atoms with Gasteiger partial charge >= 0.3 is 0 Å². The first kappa shape index (κ1) is 16.4. The highest BCUT2D eigenvalue weighted by Crippen LogP contribution is 2.31. The van der Waals surface area contributed by atoms with E-state index in [0.29, 0.717) is 13.1 Å². The summed E-state index contributed by atoms with van der Waals surface area (Å²) in [6.07, 6.45) is 1.87. The number of fused-ring (bicyclic) bond motifs is 1. The molecule has 2 heterocycles. The molecule has 0 spiro atoms. The van der Waals surface area contributed by atoms with Gasteiger partial charge in [0, 0.05) is 25.0 Å². The van der Waals surface area contributed by atoms with Crippen molar-refractivity contribution < 1.29 is 4.79 Å². The third-order valence-electron chi connectivity index (χ3n) is 4.59. The van der Waals surface area contributed by atoms with Crippen molar-refractivity contribution >= 4 is 17.3 Å². The predicted octanol–water partition coefficient (Wildman–Crippen LogP) is 1.12. The lowest BCUT2D eigenvalue weighted by molar-refractivity contribution is -0.119. The lowest BCUT2D eigenvalue weighted by atomic mass is 10.00. The summed E-state index contributed by atoms with van der Waals surface area (Å²) in [6.45, 7) is 3.57. The number of nitrogens with zero attached hydrogens (tertiary/aromatic N) is 5. The van der Waals surface area contributed by atoms with Crippen LogP contribution in [0.4, 0.5) is 11.4 Å². The summed E-state index contributed by atoms with van der Waals surface area (Å²) in [4.78, 5) is 16.6. The van der Waals surface area contributed by atoms with Crippen LogP contribution in [0.1, 0.15) is 23.6 Å². The number of carbonyl (C=O) groups is 1. The van der Waals surface area contributed by atoms with E-state index in [-0.39, 0.29) is 5.91 Å². The Hall–Kier alpha value is -2.41. The number of aryl methyl sites for hydroxylation is 1. The molecule has 0 unspecified atom stereocenters. The molecule has 1 aromatic carbocycles. The van der Waals surface area contributed by atoms with Crippen LogP contribution in [0.3, 0.4) is 0 Å². The molecule has 7 heteroatoms. The van der Waals surface area contributed by atoms with Crippen molar-refractivity contribution in [3.63, 3.8) is 0 Å². The van der Waals surface area contributed by atoms with Gasteiger partial charge < -0.3 is 15.2 Å². The van der Waals surface area contributed by atoms with Gasteiger partial charge in [-0.15, -0.1) is 10.2 Å². The summed E-state index contributed by atoms with van der Waals surface area (Å²) in [5, 5.41) is 8.21. The Bertz CT molecular complexity index is 754. The lowest BCUT2D eigenvalue weighted by Crippen LogP contribution is -2.41. The number of benzene rings is 1. The Morgan fingerprint density at radius 2 is 2.17 bits per heavy atom. The fraction of sp³-hybridized carbons (Fsp3) is 0.471. The molecule has 0 fully saturated rings. The van der Waals surface area contributed by atoms with Crippen LogP contribution >= 0.6 is 0 Å². The number of rotatable bonds is 4. The maximum atomic E-state index is 12.8. The largest absolute Gasteiger partial charge is 0.398 e. The van der Waals surface area contributed by atoms with E-state index in [9.17, 15) is 4.79 Å². The minimum atomic E-state index is 0.0861. The van der Waals surface area contributed by atoms with E-state index in [1.165, 1.54) is 0 Å². The molecule has 2 aromatic rings. The van der Waals surface area contributed by atoms with Gasteiger partial charge in [-0.05, 0) is 44.5 Å². The molecular weight excluding hydrogens is 304 g/mol. The molecule has 0 saturated carbocycles. The number of anilines is 2. The van der Waals surface area contributed by atoms with E-state index < -0.39 is 0 Å². The predicted molar refractivity (Wildman–Crippen MR) is 93.6 cm³/mol. The van der Waals surface area contributed by atoms with Gasteiger partial charge in [0.05, 0.1) is 13.1 Å². The molecule has 0 atom stereocenters. The van der Waals surface area contributed by atoms with E-state index >= 15 is 0 Å². The lowest BCUT2D eigenvalue weighted by Gasteiger charge is -2.31. The van der Waals surface area contributed by atoms with Gasteiger partial charge in [-0.2, -0.15) is 0 Å². The number of hydrogen-bond acceptors (Lipinski definition) is 5. The molecule has 0 bridgehead atoms. The molecule has 1 aliphatic rings. The first-order valence-electron chi connectivity index (χ1n) is 8.18. The van der Waals surface area contributed by atoms with Crippen LogP contribution < -0.4 is 10.6 Å². The maximum absolute atomic E-state index is 12.8. The minimum absolute atomic E-state index is 0.0861. The van der Waals surface area contributed by atoms with Crippen molar-refractivity contribution in [1.29, 1.82) is 0 Å². The first-order valence-corrected chi connectivity index (χ1v) is 8.18. The maximum Gasteiger partial charge on any atom is 0.241 e. The van der Waals surface area contributed by atoms with Crippen LogP contribution in [0.25, 0.3) is 0 Å². The van der Waals surface area contributed by atoms with Crippen LogP contribution in [0.15, 0.2) is 18.2 Å². The SMILES string of the molecule is Cc1nnc(CN(C)CC(=O)N2CCCc3c(N)cccc32)n1C. The molecule has 7 nitrogen and oxygen atoms in total. The van der Waals surface area contributed by atoms with Crippen molar-refractivity contribution in [2.24, 2.45) is 7.05 Å². The van der Waals surface area contributed by atoms with Gasteiger partial charge in [0.1, 0.15) is 11.6 Å². The Labute approximate surface area is 142 Å². The molecule has 3 rings (SSSR count). The standard InChI is InChI=1S/C17H24N6O/c1-12-19-20-16(22(12)3)10-21(2)11-17(24)23-9-5-6-13-14(18)7-4-8-15(13)23/h4,7-8H,5-6,9-11,18H2,1-3H3. The van der Waals surface area contributed by atoms with E-state index in [2.05, 4.69) is 10.2 Å². The Balaban J connectivity index is 1.70. The summed E-state index contributed by atoms with van der Waals surface area (Å²) in [5.41, 5.74) is 8.87. The van der Waals surface area contributed by atoms with Crippen molar-refractivity contribution in [3.8, 4) is 0 Å². The number of nitrogen functional groups attached to an aromatic ring is 1. The number of amides is 1. The molecular formula is C17H24N6O. The monoisotopic (exact) mass is 328 g/mol. The normalized spacial score (nSPS) is 14.1. The fourth-order valence-corrected chi connectivity index (χ4v) is 3.11. The highest BCUT2D eigenvalue weighted by Gasteiger charge is 2.24. The molecule has 0 aliphatic carbocycles. The smallest absolute Gasteiger partial charge is 0.241 e. The number of aromatic nitrogens is 3. The second-order valence-electron chi connectivity index (χ2n) is 6.39. The average molecular weight is 328 g/mol. The quantitative estimate of drug-likeness (QED) is 0.851. The highest BCUT2D eigenvalue weighted by molar-refractivity contribution is 5.96. The van der Waals surface area contributed by atoms with Crippen molar-refractivity contribution in [2.45, 2.75) is 26.3 Å². The molecule has 0 saturated heterocycles. The van der Waals surface area contributed by atoms with Crippen LogP contribution in [-0.2, 0) is 24.8 Å². The number of nitrogens with two attached hydrogens (primary N) is 1. The van der Waals surface area contributed by atoms with E-state index in [1.807, 2.05) is 53.6 Å². The summed E-state index contributed by atoms with van der Waals surface area (Å²) in [7, 11) is 3.86. The van der Waals surface area contributed by atoms with Gasteiger partial charge in [0.25, 0.3) is 0 Å². The Kier molecular flexibility index (Phi) is 4.53. The van der Waals surface area contributed by atoms with Crippen LogP contribution in [-0.4, -0.2) is 45.7 Å². The molecule has 1 aliphatic heterocycles.